The summed E-state index contributed by atoms with van der Waals surface area (Å²) in [6, 6.07) is 0.754. The van der Waals surface area contributed by atoms with E-state index in [2.05, 4.69) is 41.1 Å². The lowest BCUT2D eigenvalue weighted by Crippen LogP contribution is -2.45. The zero-order valence-electron chi connectivity index (χ0n) is 14.3. The lowest BCUT2D eigenvalue weighted by molar-refractivity contribution is 0.147. The van der Waals surface area contributed by atoms with Crippen molar-refractivity contribution < 1.29 is 0 Å². The van der Waals surface area contributed by atoms with Gasteiger partial charge in [0.25, 0.3) is 0 Å². The summed E-state index contributed by atoms with van der Waals surface area (Å²) in [5, 5.41) is 3.23. The number of hydrogen-bond acceptors (Lipinski definition) is 3. The number of likely N-dealkylation sites (tertiary alicyclic amines) is 1. The number of aliphatic imine (C=N–C) groups is 1. The Hall–Kier alpha value is -0.810. The van der Waals surface area contributed by atoms with Crippen LogP contribution in [-0.2, 0) is 0 Å². The Kier molecular flexibility index (Phi) is 9.42. The molecule has 0 atom stereocenters. The number of rotatable bonds is 9. The molecule has 1 rings (SSSR count). The van der Waals surface area contributed by atoms with Crippen molar-refractivity contribution in [2.24, 2.45) is 10.7 Å². The highest BCUT2D eigenvalue weighted by Gasteiger charge is 2.19. The number of guanidine groups is 1. The highest BCUT2D eigenvalue weighted by Crippen LogP contribution is 2.13. The third-order valence-corrected chi connectivity index (χ3v) is 4.32. The Bertz CT molecular complexity index is 282. The molecule has 1 saturated heterocycles. The highest BCUT2D eigenvalue weighted by molar-refractivity contribution is 5.77. The Morgan fingerprint density at radius 1 is 1.24 bits per heavy atom. The molecule has 0 radical (unpaired) electrons. The van der Waals surface area contributed by atoms with E-state index in [1.54, 1.807) is 0 Å². The second-order valence-electron chi connectivity index (χ2n) is 6.29. The van der Waals surface area contributed by atoms with Crippen molar-refractivity contribution in [1.82, 2.24) is 15.1 Å². The largest absolute Gasteiger partial charge is 0.370 e. The molecular weight excluding hydrogens is 262 g/mol. The Morgan fingerprint density at radius 3 is 2.57 bits per heavy atom. The topological polar surface area (TPSA) is 56.9 Å². The van der Waals surface area contributed by atoms with Crippen LogP contribution in [0.3, 0.4) is 0 Å². The van der Waals surface area contributed by atoms with Gasteiger partial charge in [0, 0.05) is 25.7 Å². The number of nitrogens with one attached hydrogen (secondary N) is 1. The van der Waals surface area contributed by atoms with Gasteiger partial charge in [0.15, 0.2) is 5.96 Å². The molecule has 124 valence electrons. The normalized spacial score (nSPS) is 18.4. The van der Waals surface area contributed by atoms with Gasteiger partial charge in [-0.1, -0.05) is 26.2 Å². The summed E-state index contributed by atoms with van der Waals surface area (Å²) in [6.45, 7) is 7.42. The van der Waals surface area contributed by atoms with Gasteiger partial charge in [-0.2, -0.15) is 0 Å². The molecule has 0 aromatic heterocycles. The van der Waals surface area contributed by atoms with Crippen LogP contribution >= 0.6 is 0 Å². The lowest BCUT2D eigenvalue weighted by atomic mass is 10.0. The molecule has 0 spiro atoms. The van der Waals surface area contributed by atoms with Crippen LogP contribution in [0.5, 0.6) is 0 Å². The van der Waals surface area contributed by atoms with Gasteiger partial charge in [-0.25, -0.2) is 0 Å². The Balaban J connectivity index is 2.04. The van der Waals surface area contributed by atoms with Gasteiger partial charge in [-0.3, -0.25) is 4.99 Å². The summed E-state index contributed by atoms with van der Waals surface area (Å²) in [5.41, 5.74) is 5.88. The fraction of sp³-hybridized carbons (Fsp3) is 0.938. The standard InChI is InChI=1S/C16H35N5/c1-4-5-6-7-10-18-16(17)19-11-14-21-12-8-15(9-13-21)20(2)3/h15H,4-14H2,1-3H3,(H3,17,18,19). The summed E-state index contributed by atoms with van der Waals surface area (Å²) in [5.74, 6) is 0.606. The number of hydrogen-bond donors (Lipinski definition) is 2. The predicted molar refractivity (Wildman–Crippen MR) is 91.8 cm³/mol. The maximum absolute atomic E-state index is 5.88. The molecule has 1 aliphatic rings. The predicted octanol–water partition coefficient (Wildman–Crippen LogP) is 1.50. The third kappa shape index (κ3) is 8.27. The van der Waals surface area contributed by atoms with E-state index >= 15 is 0 Å². The van der Waals surface area contributed by atoms with Crippen LogP contribution in [0.4, 0.5) is 0 Å². The molecule has 0 amide bonds. The fourth-order valence-corrected chi connectivity index (χ4v) is 2.80. The second kappa shape index (κ2) is 10.9. The molecule has 0 aromatic rings. The van der Waals surface area contributed by atoms with E-state index in [1.165, 1.54) is 45.2 Å². The van der Waals surface area contributed by atoms with Gasteiger partial charge in [0.2, 0.25) is 0 Å². The number of unbranched alkanes of at least 4 members (excludes halogenated alkanes) is 3. The Labute approximate surface area is 131 Å². The summed E-state index contributed by atoms with van der Waals surface area (Å²) in [6.07, 6.45) is 7.51. The van der Waals surface area contributed by atoms with Crippen LogP contribution in [0, 0.1) is 0 Å². The van der Waals surface area contributed by atoms with Crippen LogP contribution in [0.1, 0.15) is 45.4 Å². The highest BCUT2D eigenvalue weighted by atomic mass is 15.2. The summed E-state index contributed by atoms with van der Waals surface area (Å²) in [7, 11) is 4.36. The van der Waals surface area contributed by atoms with Crippen LogP contribution in [0.25, 0.3) is 0 Å². The van der Waals surface area contributed by atoms with Crippen LogP contribution in [-0.4, -0.2) is 68.6 Å². The van der Waals surface area contributed by atoms with Crippen molar-refractivity contribution in [3.05, 3.63) is 0 Å². The molecule has 0 unspecified atom stereocenters. The molecule has 1 fully saturated rings. The van der Waals surface area contributed by atoms with E-state index in [4.69, 9.17) is 5.73 Å². The lowest BCUT2D eigenvalue weighted by Gasteiger charge is -2.35. The average molecular weight is 297 g/mol. The van der Waals surface area contributed by atoms with Crippen molar-refractivity contribution in [3.8, 4) is 0 Å². The molecular formula is C16H35N5. The third-order valence-electron chi connectivity index (χ3n) is 4.32. The smallest absolute Gasteiger partial charge is 0.188 e. The van der Waals surface area contributed by atoms with E-state index in [1.807, 2.05) is 0 Å². The van der Waals surface area contributed by atoms with E-state index in [-0.39, 0.29) is 0 Å². The van der Waals surface area contributed by atoms with Crippen molar-refractivity contribution in [1.29, 1.82) is 0 Å². The second-order valence-corrected chi connectivity index (χ2v) is 6.29. The molecule has 5 heteroatoms. The molecule has 1 aliphatic heterocycles. The SMILES string of the molecule is CCCCCCN=C(N)NCCN1CCC(N(C)C)CC1. The molecule has 0 aromatic carbocycles. The maximum atomic E-state index is 5.88. The number of nitrogens with two attached hydrogens (primary N) is 1. The zero-order valence-corrected chi connectivity index (χ0v) is 14.3. The summed E-state index contributed by atoms with van der Waals surface area (Å²) in [4.78, 5) is 9.23. The van der Waals surface area contributed by atoms with Gasteiger partial charge >= 0.3 is 0 Å². The molecule has 0 aliphatic carbocycles. The molecule has 21 heavy (non-hydrogen) atoms. The summed E-state index contributed by atoms with van der Waals surface area (Å²) >= 11 is 0. The first-order chi connectivity index (χ1) is 10.1. The van der Waals surface area contributed by atoms with Crippen molar-refractivity contribution in [2.45, 2.75) is 51.5 Å². The van der Waals surface area contributed by atoms with E-state index in [9.17, 15) is 0 Å². The quantitative estimate of drug-likeness (QED) is 0.385. The van der Waals surface area contributed by atoms with Crippen LogP contribution < -0.4 is 11.1 Å². The van der Waals surface area contributed by atoms with Crippen LogP contribution in [0.2, 0.25) is 0 Å². The van der Waals surface area contributed by atoms with Gasteiger partial charge < -0.3 is 20.9 Å². The first kappa shape index (κ1) is 18.2. The average Bonchev–Trinajstić information content (AvgIpc) is 2.47. The van der Waals surface area contributed by atoms with Crippen LogP contribution in [0.15, 0.2) is 4.99 Å². The maximum Gasteiger partial charge on any atom is 0.188 e. The first-order valence-corrected chi connectivity index (χ1v) is 8.56. The summed E-state index contributed by atoms with van der Waals surface area (Å²) < 4.78 is 0. The van der Waals surface area contributed by atoms with E-state index < -0.39 is 0 Å². The fourth-order valence-electron chi connectivity index (χ4n) is 2.80. The minimum atomic E-state index is 0.606. The van der Waals surface area contributed by atoms with Crippen molar-refractivity contribution in [2.75, 3.05) is 46.8 Å². The molecule has 0 saturated carbocycles. The van der Waals surface area contributed by atoms with Gasteiger partial charge in [-0.15, -0.1) is 0 Å². The first-order valence-electron chi connectivity index (χ1n) is 8.56. The van der Waals surface area contributed by atoms with Gasteiger partial charge in [-0.05, 0) is 46.4 Å². The number of piperidine rings is 1. The molecule has 1 heterocycles. The van der Waals surface area contributed by atoms with Gasteiger partial charge in [0.1, 0.15) is 0 Å². The molecule has 5 nitrogen and oxygen atoms in total. The Morgan fingerprint density at radius 2 is 1.95 bits per heavy atom. The zero-order chi connectivity index (χ0) is 15.5. The minimum Gasteiger partial charge on any atom is -0.370 e. The number of nitrogens with zero attached hydrogens (tertiary/aromatic N) is 3. The molecule has 3 N–H and O–H groups in total. The van der Waals surface area contributed by atoms with Crippen molar-refractivity contribution in [3.63, 3.8) is 0 Å². The van der Waals surface area contributed by atoms with Crippen molar-refractivity contribution >= 4 is 5.96 Å². The molecule has 0 bridgehead atoms. The van der Waals surface area contributed by atoms with E-state index in [0.29, 0.717) is 5.96 Å². The minimum absolute atomic E-state index is 0.606. The van der Waals surface area contributed by atoms with Gasteiger partial charge in [0.05, 0.1) is 0 Å². The monoisotopic (exact) mass is 297 g/mol. The van der Waals surface area contributed by atoms with E-state index in [0.717, 1.165) is 32.1 Å².